The molecule has 2 aliphatic heterocycles. The van der Waals surface area contributed by atoms with Gasteiger partial charge in [0, 0.05) is 48.8 Å². The Hall–Kier alpha value is -3.62. The summed E-state index contributed by atoms with van der Waals surface area (Å²) in [6.07, 6.45) is 5.57. The Bertz CT molecular complexity index is 1670. The number of hydrogen-bond acceptors (Lipinski definition) is 6. The molecule has 0 bridgehead atoms. The number of phenols is 1. The van der Waals surface area contributed by atoms with E-state index >= 15 is 0 Å². The molecule has 5 aliphatic rings. The van der Waals surface area contributed by atoms with Gasteiger partial charge in [-0.3, -0.25) is 29.0 Å². The molecule has 0 radical (unpaired) electrons. The molecule has 44 heavy (non-hydrogen) atoms. The highest BCUT2D eigenvalue weighted by atomic mass is 79.9. The zero-order valence-electron chi connectivity index (χ0n) is 24.9. The normalized spacial score (nSPS) is 27.7. The van der Waals surface area contributed by atoms with Gasteiger partial charge >= 0.3 is 0 Å². The van der Waals surface area contributed by atoms with E-state index in [1.807, 2.05) is 44.2 Å². The van der Waals surface area contributed by atoms with Crippen molar-refractivity contribution >= 4 is 39.3 Å². The topological polar surface area (TPSA) is 95.0 Å². The number of fused-ring (bicyclic) bond motifs is 3. The summed E-state index contributed by atoms with van der Waals surface area (Å²) in [5.41, 5.74) is 5.23. The minimum atomic E-state index is -0.562. The van der Waals surface area contributed by atoms with Crippen LogP contribution in [0.1, 0.15) is 53.9 Å². The lowest BCUT2D eigenvalue weighted by molar-refractivity contribution is -0.144. The van der Waals surface area contributed by atoms with Crippen molar-refractivity contribution in [2.24, 2.45) is 17.8 Å². The van der Waals surface area contributed by atoms with Crippen molar-refractivity contribution in [1.29, 1.82) is 0 Å². The molecule has 1 N–H and O–H groups in total. The fourth-order valence-electron chi connectivity index (χ4n) is 8.30. The summed E-state index contributed by atoms with van der Waals surface area (Å²) in [6, 6.07) is 13.9. The third-order valence-electron chi connectivity index (χ3n) is 10.4. The number of phenolic OH excluding ortho intramolecular Hbond substituents is 1. The Balaban J connectivity index is 1.20. The molecule has 2 amide bonds. The molecule has 7 rings (SSSR count). The van der Waals surface area contributed by atoms with Crippen LogP contribution in [0.25, 0.3) is 0 Å². The molecule has 2 heterocycles. The van der Waals surface area contributed by atoms with Crippen molar-refractivity contribution in [2.75, 3.05) is 13.1 Å². The predicted molar refractivity (Wildman–Crippen MR) is 169 cm³/mol. The van der Waals surface area contributed by atoms with Gasteiger partial charge in [0.15, 0.2) is 11.6 Å². The molecule has 2 aromatic rings. The minimum Gasteiger partial charge on any atom is -0.507 e. The van der Waals surface area contributed by atoms with Gasteiger partial charge < -0.3 is 5.11 Å². The van der Waals surface area contributed by atoms with E-state index in [9.17, 15) is 24.3 Å². The molecule has 0 aromatic heterocycles. The van der Waals surface area contributed by atoms with Crippen molar-refractivity contribution < 1.29 is 24.3 Å². The first kappa shape index (κ1) is 29.1. The number of carbonyl (C=O) groups excluding carboxylic acids is 4. The minimum absolute atomic E-state index is 0.100. The van der Waals surface area contributed by atoms with Gasteiger partial charge in [0.2, 0.25) is 11.8 Å². The van der Waals surface area contributed by atoms with E-state index in [0.29, 0.717) is 28.7 Å². The first-order chi connectivity index (χ1) is 21.1. The second-order valence-corrected chi connectivity index (χ2v) is 13.8. The number of benzene rings is 2. The number of rotatable bonds is 4. The lowest BCUT2D eigenvalue weighted by atomic mass is 9.59. The summed E-state index contributed by atoms with van der Waals surface area (Å²) in [6.45, 7) is 6.11. The van der Waals surface area contributed by atoms with E-state index in [0.717, 1.165) is 43.6 Å². The predicted octanol–water partition coefficient (Wildman–Crippen LogP) is 5.44. The molecule has 4 unspecified atom stereocenters. The number of hydrogen-bond donors (Lipinski definition) is 1. The number of carbonyl (C=O) groups is 4. The van der Waals surface area contributed by atoms with Crippen LogP contribution in [0.2, 0.25) is 0 Å². The SMILES string of the molecule is Cc1cc(C2C3=CCC4C(=O)N(C5CCN(Cc6ccccc6)CC5)C(=O)C4C3CC3=C2C(=O)C=C(Br)C3=O)cc(C)c1O. The van der Waals surface area contributed by atoms with Gasteiger partial charge in [0.25, 0.3) is 0 Å². The molecule has 2 fully saturated rings. The van der Waals surface area contributed by atoms with E-state index in [1.54, 1.807) is 4.90 Å². The van der Waals surface area contributed by atoms with Crippen molar-refractivity contribution in [2.45, 2.75) is 58.0 Å². The number of imide groups is 1. The number of halogens is 1. The van der Waals surface area contributed by atoms with Crippen molar-refractivity contribution in [1.82, 2.24) is 9.80 Å². The number of likely N-dealkylation sites (tertiary alicyclic amines) is 2. The Labute approximate surface area is 265 Å². The maximum Gasteiger partial charge on any atom is 0.233 e. The van der Waals surface area contributed by atoms with Crippen LogP contribution in [-0.2, 0) is 25.7 Å². The van der Waals surface area contributed by atoms with E-state index < -0.39 is 17.8 Å². The molecule has 3 aliphatic carbocycles. The van der Waals surface area contributed by atoms with Gasteiger partial charge in [0.1, 0.15) is 5.75 Å². The van der Waals surface area contributed by atoms with Gasteiger partial charge in [-0.15, -0.1) is 0 Å². The smallest absolute Gasteiger partial charge is 0.233 e. The number of piperidine rings is 1. The van der Waals surface area contributed by atoms with Gasteiger partial charge in [-0.1, -0.05) is 54.1 Å². The number of amides is 2. The first-order valence-corrected chi connectivity index (χ1v) is 16.3. The summed E-state index contributed by atoms with van der Waals surface area (Å²) in [5, 5.41) is 10.5. The Kier molecular flexibility index (Phi) is 7.33. The summed E-state index contributed by atoms with van der Waals surface area (Å²) in [5.74, 6) is -2.40. The molecule has 2 saturated heterocycles. The van der Waals surface area contributed by atoms with E-state index in [-0.39, 0.29) is 52.0 Å². The molecule has 7 nitrogen and oxygen atoms in total. The molecular formula is C36H35BrN2O5. The van der Waals surface area contributed by atoms with Crippen LogP contribution in [0.3, 0.4) is 0 Å². The summed E-state index contributed by atoms with van der Waals surface area (Å²) >= 11 is 3.29. The van der Waals surface area contributed by atoms with Crippen molar-refractivity contribution in [3.8, 4) is 5.75 Å². The molecule has 0 spiro atoms. The van der Waals surface area contributed by atoms with Crippen LogP contribution in [-0.4, -0.2) is 57.4 Å². The number of nitrogens with zero attached hydrogens (tertiary/aromatic N) is 2. The third kappa shape index (κ3) is 4.65. The van der Waals surface area contributed by atoms with Crippen LogP contribution in [0.15, 0.2) is 75.8 Å². The van der Waals surface area contributed by atoms with Crippen LogP contribution in [0.4, 0.5) is 0 Å². The Morgan fingerprint density at radius 2 is 1.61 bits per heavy atom. The molecule has 0 saturated carbocycles. The van der Waals surface area contributed by atoms with Crippen LogP contribution < -0.4 is 0 Å². The molecule has 2 aromatic carbocycles. The van der Waals surface area contributed by atoms with Crippen molar-refractivity contribution in [3.63, 3.8) is 0 Å². The van der Waals surface area contributed by atoms with Crippen LogP contribution in [0.5, 0.6) is 5.75 Å². The standard InChI is InChI=1S/C36H35BrN2O5/c1-19-14-22(15-20(2)33(19)41)30-24-8-9-25-31(26(24)16-27-32(30)29(40)17-28(37)34(27)42)36(44)39(35(25)43)23-10-12-38(13-11-23)18-21-6-4-3-5-7-21/h3-8,14-15,17,23,25-26,30-31,41H,9-13,16,18H2,1-2H3. The van der Waals surface area contributed by atoms with Gasteiger partial charge in [-0.25, -0.2) is 0 Å². The lowest BCUT2D eigenvalue weighted by Gasteiger charge is -2.42. The largest absolute Gasteiger partial charge is 0.507 e. The summed E-state index contributed by atoms with van der Waals surface area (Å²) < 4.78 is 0.218. The van der Waals surface area contributed by atoms with Crippen molar-refractivity contribution in [3.05, 3.63) is 98.1 Å². The van der Waals surface area contributed by atoms with E-state index in [2.05, 4.69) is 39.0 Å². The highest BCUT2D eigenvalue weighted by Gasteiger charge is 2.57. The number of allylic oxidation sites excluding steroid dienone is 6. The molecule has 8 heteroatoms. The zero-order valence-corrected chi connectivity index (χ0v) is 26.5. The quantitative estimate of drug-likeness (QED) is 0.268. The maximum absolute atomic E-state index is 14.3. The number of Topliss-reactive ketones (excluding diaryl/α,β-unsaturated/α-hetero) is 1. The van der Waals surface area contributed by atoms with Gasteiger partial charge in [-0.05, 0) is 83.6 Å². The second-order valence-electron chi connectivity index (χ2n) is 12.9. The first-order valence-electron chi connectivity index (χ1n) is 15.5. The molecular weight excluding hydrogens is 620 g/mol. The highest BCUT2D eigenvalue weighted by Crippen LogP contribution is 2.56. The molecule has 4 atom stereocenters. The van der Waals surface area contributed by atoms with Crippen LogP contribution >= 0.6 is 15.9 Å². The molecule has 226 valence electrons. The Morgan fingerprint density at radius 3 is 2.30 bits per heavy atom. The zero-order chi connectivity index (χ0) is 30.9. The fourth-order valence-corrected chi connectivity index (χ4v) is 8.75. The summed E-state index contributed by atoms with van der Waals surface area (Å²) in [7, 11) is 0. The van der Waals surface area contributed by atoms with Crippen LogP contribution in [0, 0.1) is 31.6 Å². The average Bonchev–Trinajstić information content (AvgIpc) is 3.27. The second kappa shape index (κ2) is 11.1. The van der Waals surface area contributed by atoms with E-state index in [1.165, 1.54) is 11.6 Å². The summed E-state index contributed by atoms with van der Waals surface area (Å²) in [4.78, 5) is 59.1. The average molecular weight is 656 g/mol. The number of aromatic hydroxyl groups is 1. The maximum atomic E-state index is 14.3. The lowest BCUT2D eigenvalue weighted by Crippen LogP contribution is -2.47. The van der Waals surface area contributed by atoms with E-state index in [4.69, 9.17) is 0 Å². The highest BCUT2D eigenvalue weighted by molar-refractivity contribution is 9.12. The van der Waals surface area contributed by atoms with Gasteiger partial charge in [0.05, 0.1) is 16.3 Å². The third-order valence-corrected chi connectivity index (χ3v) is 11.0. The number of ketones is 2. The Morgan fingerprint density at radius 1 is 0.932 bits per heavy atom. The number of aryl methyl sites for hydroxylation is 2. The monoisotopic (exact) mass is 654 g/mol. The fraction of sp³-hybridized carbons (Fsp3) is 0.389. The van der Waals surface area contributed by atoms with Gasteiger partial charge in [-0.2, -0.15) is 0 Å².